The number of rotatable bonds is 7. The Labute approximate surface area is 118 Å². The Hall–Kier alpha value is -1.66. The first-order chi connectivity index (χ1) is 9.61. The maximum atomic E-state index is 11.9. The summed E-state index contributed by atoms with van der Waals surface area (Å²) >= 11 is 0. The summed E-state index contributed by atoms with van der Waals surface area (Å²) in [6, 6.07) is 9.82. The summed E-state index contributed by atoms with van der Waals surface area (Å²) in [4.78, 5) is 4.13. The molecule has 0 fully saturated rings. The predicted octanol–water partition coefficient (Wildman–Crippen LogP) is 1.23. The minimum atomic E-state index is -3.22. The van der Waals surface area contributed by atoms with Crippen LogP contribution in [0, 0.1) is 0 Å². The molecular formula is C14H18N2O3S. The second-order valence-corrected chi connectivity index (χ2v) is 6.81. The molecule has 0 radical (unpaired) electrons. The monoisotopic (exact) mass is 294 g/mol. The Balaban J connectivity index is 2.09. The number of aliphatic hydroxyl groups is 1. The molecule has 0 aliphatic heterocycles. The SMILES string of the molecule is O=S(=O)(CCCO)Cc1nccn1Cc1ccccc1. The summed E-state index contributed by atoms with van der Waals surface area (Å²) in [5.41, 5.74) is 1.10. The molecule has 0 saturated heterocycles. The van der Waals surface area contributed by atoms with Crippen molar-refractivity contribution in [1.29, 1.82) is 0 Å². The Kier molecular flexibility index (Phi) is 4.92. The Bertz CT molecular complexity index is 635. The van der Waals surface area contributed by atoms with E-state index in [-0.39, 0.29) is 24.5 Å². The summed E-state index contributed by atoms with van der Waals surface area (Å²) in [5, 5.41) is 8.72. The molecule has 0 amide bonds. The zero-order valence-corrected chi connectivity index (χ0v) is 12.0. The summed E-state index contributed by atoms with van der Waals surface area (Å²) in [5.74, 6) is 0.431. The molecule has 0 bridgehead atoms. The molecule has 6 heteroatoms. The lowest BCUT2D eigenvalue weighted by molar-refractivity contribution is 0.295. The Morgan fingerprint density at radius 3 is 2.65 bits per heavy atom. The molecule has 0 aliphatic rings. The second-order valence-electron chi connectivity index (χ2n) is 4.63. The number of hydrogen-bond acceptors (Lipinski definition) is 4. The van der Waals surface area contributed by atoms with Crippen molar-refractivity contribution in [3.63, 3.8) is 0 Å². The van der Waals surface area contributed by atoms with Gasteiger partial charge in [0, 0.05) is 25.5 Å². The number of aliphatic hydroxyl groups excluding tert-OH is 1. The van der Waals surface area contributed by atoms with Crippen molar-refractivity contribution < 1.29 is 13.5 Å². The van der Waals surface area contributed by atoms with Crippen LogP contribution in [0.5, 0.6) is 0 Å². The quantitative estimate of drug-likeness (QED) is 0.833. The Morgan fingerprint density at radius 2 is 1.95 bits per heavy atom. The van der Waals surface area contributed by atoms with E-state index in [4.69, 9.17) is 5.11 Å². The van der Waals surface area contributed by atoms with Crippen LogP contribution in [0.1, 0.15) is 17.8 Å². The highest BCUT2D eigenvalue weighted by molar-refractivity contribution is 7.90. The third-order valence-corrected chi connectivity index (χ3v) is 4.57. The van der Waals surface area contributed by atoms with Gasteiger partial charge in [-0.3, -0.25) is 0 Å². The van der Waals surface area contributed by atoms with Crippen LogP contribution >= 0.6 is 0 Å². The molecule has 2 aromatic rings. The number of benzene rings is 1. The van der Waals surface area contributed by atoms with Crippen molar-refractivity contribution in [1.82, 2.24) is 9.55 Å². The number of hydrogen-bond donors (Lipinski definition) is 1. The van der Waals surface area contributed by atoms with Crippen LogP contribution in [0.3, 0.4) is 0 Å². The molecule has 0 spiro atoms. The van der Waals surface area contributed by atoms with E-state index in [1.54, 1.807) is 12.4 Å². The standard InChI is InChI=1S/C14H18N2O3S/c17-9-4-10-20(18,19)12-14-15-7-8-16(14)11-13-5-2-1-3-6-13/h1-3,5-8,17H,4,9-12H2. The molecule has 0 unspecified atom stereocenters. The summed E-state index contributed by atoms with van der Waals surface area (Å²) < 4.78 is 25.6. The molecule has 108 valence electrons. The summed E-state index contributed by atoms with van der Waals surface area (Å²) in [6.07, 6.45) is 3.66. The maximum Gasteiger partial charge on any atom is 0.157 e. The maximum absolute atomic E-state index is 11.9. The normalized spacial score (nSPS) is 11.7. The van der Waals surface area contributed by atoms with Crippen LogP contribution in [0.15, 0.2) is 42.7 Å². The van der Waals surface area contributed by atoms with Crippen molar-refractivity contribution in [2.24, 2.45) is 0 Å². The average molecular weight is 294 g/mol. The summed E-state index contributed by atoms with van der Waals surface area (Å²) in [6.45, 7) is 0.489. The molecule has 2 rings (SSSR count). The van der Waals surface area contributed by atoms with E-state index in [1.807, 2.05) is 34.9 Å². The van der Waals surface area contributed by atoms with Gasteiger partial charge in [-0.2, -0.15) is 0 Å². The van der Waals surface area contributed by atoms with Gasteiger partial charge in [-0.15, -0.1) is 0 Å². The van der Waals surface area contributed by atoms with Gasteiger partial charge in [-0.1, -0.05) is 30.3 Å². The minimum absolute atomic E-state index is 0.0122. The van der Waals surface area contributed by atoms with Crippen LogP contribution in [0.4, 0.5) is 0 Å². The van der Waals surface area contributed by atoms with Crippen molar-refractivity contribution in [2.45, 2.75) is 18.7 Å². The van der Waals surface area contributed by atoms with Crippen molar-refractivity contribution >= 4 is 9.84 Å². The third-order valence-electron chi connectivity index (χ3n) is 2.96. The van der Waals surface area contributed by atoms with Crippen LogP contribution < -0.4 is 0 Å². The van der Waals surface area contributed by atoms with E-state index in [9.17, 15) is 8.42 Å². The van der Waals surface area contributed by atoms with Gasteiger partial charge in [0.05, 0.1) is 5.75 Å². The number of nitrogens with zero attached hydrogens (tertiary/aromatic N) is 2. The fourth-order valence-corrected chi connectivity index (χ4v) is 3.30. The van der Waals surface area contributed by atoms with E-state index in [2.05, 4.69) is 4.98 Å². The summed E-state index contributed by atoms with van der Waals surface area (Å²) in [7, 11) is -3.22. The molecule has 0 aliphatic carbocycles. The van der Waals surface area contributed by atoms with Crippen LogP contribution in [0.2, 0.25) is 0 Å². The van der Waals surface area contributed by atoms with E-state index in [1.165, 1.54) is 0 Å². The fraction of sp³-hybridized carbons (Fsp3) is 0.357. The predicted molar refractivity (Wildman–Crippen MR) is 77.0 cm³/mol. The van der Waals surface area contributed by atoms with E-state index < -0.39 is 9.84 Å². The average Bonchev–Trinajstić information content (AvgIpc) is 2.84. The smallest absolute Gasteiger partial charge is 0.157 e. The first-order valence-electron chi connectivity index (χ1n) is 6.46. The minimum Gasteiger partial charge on any atom is -0.396 e. The number of imidazole rings is 1. The fourth-order valence-electron chi connectivity index (χ4n) is 1.96. The molecule has 1 heterocycles. The van der Waals surface area contributed by atoms with Gasteiger partial charge in [0.25, 0.3) is 0 Å². The molecule has 1 N–H and O–H groups in total. The van der Waals surface area contributed by atoms with Gasteiger partial charge >= 0.3 is 0 Å². The van der Waals surface area contributed by atoms with Crippen molar-refractivity contribution in [3.05, 3.63) is 54.1 Å². The van der Waals surface area contributed by atoms with Gasteiger partial charge < -0.3 is 9.67 Å². The lowest BCUT2D eigenvalue weighted by Crippen LogP contribution is -2.14. The van der Waals surface area contributed by atoms with Crippen LogP contribution in [-0.2, 0) is 22.1 Å². The molecule has 0 saturated carbocycles. The first kappa shape index (κ1) is 14.7. The van der Waals surface area contributed by atoms with Crippen LogP contribution in [-0.4, -0.2) is 35.4 Å². The topological polar surface area (TPSA) is 72.2 Å². The van der Waals surface area contributed by atoms with Gasteiger partial charge in [0.1, 0.15) is 11.6 Å². The van der Waals surface area contributed by atoms with Gasteiger partial charge in [-0.05, 0) is 12.0 Å². The molecule has 0 atom stereocenters. The van der Waals surface area contributed by atoms with E-state index >= 15 is 0 Å². The van der Waals surface area contributed by atoms with Crippen molar-refractivity contribution in [2.75, 3.05) is 12.4 Å². The second kappa shape index (κ2) is 6.67. The zero-order chi connectivity index (χ0) is 14.4. The van der Waals surface area contributed by atoms with E-state index in [0.29, 0.717) is 12.4 Å². The molecular weight excluding hydrogens is 276 g/mol. The number of aromatic nitrogens is 2. The lowest BCUT2D eigenvalue weighted by Gasteiger charge is -2.08. The van der Waals surface area contributed by atoms with Crippen molar-refractivity contribution in [3.8, 4) is 0 Å². The molecule has 20 heavy (non-hydrogen) atoms. The van der Waals surface area contributed by atoms with Gasteiger partial charge in [0.15, 0.2) is 9.84 Å². The highest BCUT2D eigenvalue weighted by atomic mass is 32.2. The zero-order valence-electron chi connectivity index (χ0n) is 11.1. The first-order valence-corrected chi connectivity index (χ1v) is 8.28. The highest BCUT2D eigenvalue weighted by Gasteiger charge is 2.15. The Morgan fingerprint density at radius 1 is 1.20 bits per heavy atom. The van der Waals surface area contributed by atoms with Gasteiger partial charge in [-0.25, -0.2) is 13.4 Å². The molecule has 1 aromatic carbocycles. The highest BCUT2D eigenvalue weighted by Crippen LogP contribution is 2.09. The molecule has 5 nitrogen and oxygen atoms in total. The third kappa shape index (κ3) is 4.18. The number of sulfone groups is 1. The van der Waals surface area contributed by atoms with Gasteiger partial charge in [0.2, 0.25) is 0 Å². The van der Waals surface area contributed by atoms with E-state index in [0.717, 1.165) is 5.56 Å². The largest absolute Gasteiger partial charge is 0.396 e. The van der Waals surface area contributed by atoms with Crippen LogP contribution in [0.25, 0.3) is 0 Å². The lowest BCUT2D eigenvalue weighted by atomic mass is 10.2. The molecule has 1 aromatic heterocycles.